The van der Waals surface area contributed by atoms with E-state index >= 15 is 0 Å². The highest BCUT2D eigenvalue weighted by Crippen LogP contribution is 2.26. The van der Waals surface area contributed by atoms with Gasteiger partial charge in [0, 0.05) is 30.2 Å². The molecule has 0 atom stereocenters. The number of nitrogens with zero attached hydrogens (tertiary/aromatic N) is 3. The molecule has 0 bridgehead atoms. The number of hydrogen-bond donors (Lipinski definition) is 2. The molecule has 9 heteroatoms. The first-order chi connectivity index (χ1) is 18.3. The predicted octanol–water partition coefficient (Wildman–Crippen LogP) is 5.27. The third-order valence-electron chi connectivity index (χ3n) is 6.10. The number of carbonyl (C=O) groups excluding carboxylic acids is 1. The van der Waals surface area contributed by atoms with Gasteiger partial charge in [0.1, 0.15) is 5.65 Å². The lowest BCUT2D eigenvalue weighted by atomic mass is 10.1. The fourth-order valence-electron chi connectivity index (χ4n) is 4.05. The first kappa shape index (κ1) is 24.7. The molecule has 5 rings (SSSR count). The highest BCUT2D eigenvalue weighted by Gasteiger charge is 2.10. The van der Waals surface area contributed by atoms with Crippen LogP contribution in [0.3, 0.4) is 0 Å². The van der Waals surface area contributed by atoms with Crippen LogP contribution in [0.2, 0.25) is 0 Å². The summed E-state index contributed by atoms with van der Waals surface area (Å²) < 4.78 is 25.4. The van der Waals surface area contributed by atoms with Gasteiger partial charge in [0.05, 0.1) is 28.4 Å². The molecule has 0 fully saturated rings. The van der Waals surface area contributed by atoms with Crippen molar-refractivity contribution >= 4 is 27.2 Å². The van der Waals surface area contributed by atoms with E-state index in [0.717, 1.165) is 33.6 Å². The van der Waals surface area contributed by atoms with Gasteiger partial charge in [-0.05, 0) is 65.2 Å². The summed E-state index contributed by atoms with van der Waals surface area (Å²) in [6.45, 7) is 0.358. The van der Waals surface area contributed by atoms with Crippen LogP contribution < -0.4 is 10.6 Å². The Morgan fingerprint density at radius 3 is 2.26 bits per heavy atom. The van der Waals surface area contributed by atoms with E-state index in [9.17, 15) is 13.2 Å². The van der Waals surface area contributed by atoms with Gasteiger partial charge in [0.25, 0.3) is 0 Å². The van der Waals surface area contributed by atoms with Crippen molar-refractivity contribution in [3.05, 3.63) is 108 Å². The van der Waals surface area contributed by atoms with E-state index in [4.69, 9.17) is 5.26 Å². The maximum atomic E-state index is 12.2. The Morgan fingerprint density at radius 2 is 1.61 bits per heavy atom. The van der Waals surface area contributed by atoms with Crippen LogP contribution in [0.15, 0.2) is 102 Å². The second-order valence-corrected chi connectivity index (χ2v) is 10.8. The molecule has 8 nitrogen and oxygen atoms in total. The van der Waals surface area contributed by atoms with E-state index in [0.29, 0.717) is 17.8 Å². The maximum absolute atomic E-state index is 12.2. The Kier molecular flexibility index (Phi) is 6.64. The van der Waals surface area contributed by atoms with Gasteiger partial charge in [-0.1, -0.05) is 36.4 Å². The number of hydrogen-bond acceptors (Lipinski definition) is 5. The molecule has 0 aliphatic carbocycles. The summed E-state index contributed by atoms with van der Waals surface area (Å²) in [7, 11) is -3.24. The Morgan fingerprint density at radius 1 is 0.921 bits per heavy atom. The van der Waals surface area contributed by atoms with Gasteiger partial charge in [0.15, 0.2) is 9.84 Å². The molecule has 0 saturated heterocycles. The Balaban J connectivity index is 1.25. The number of carbonyl (C=O) groups is 1. The lowest BCUT2D eigenvalue weighted by Crippen LogP contribution is -2.28. The molecule has 5 aromatic rings. The number of rotatable bonds is 6. The molecule has 188 valence electrons. The number of fused-ring (bicyclic) bond motifs is 1. The van der Waals surface area contributed by atoms with Gasteiger partial charge in [-0.15, -0.1) is 0 Å². The van der Waals surface area contributed by atoms with Crippen LogP contribution in [0, 0.1) is 11.3 Å². The van der Waals surface area contributed by atoms with Crippen molar-refractivity contribution in [3.8, 4) is 28.5 Å². The van der Waals surface area contributed by atoms with Crippen molar-refractivity contribution in [2.75, 3.05) is 11.6 Å². The fourth-order valence-corrected chi connectivity index (χ4v) is 4.68. The zero-order valence-corrected chi connectivity index (χ0v) is 21.2. The molecule has 0 saturated carbocycles. The maximum Gasteiger partial charge on any atom is 0.319 e. The van der Waals surface area contributed by atoms with E-state index < -0.39 is 9.84 Å². The molecular weight excluding hydrogens is 498 g/mol. The van der Waals surface area contributed by atoms with Crippen molar-refractivity contribution in [2.45, 2.75) is 11.4 Å². The summed E-state index contributed by atoms with van der Waals surface area (Å²) in [6.07, 6.45) is 4.95. The number of anilines is 1. The average Bonchev–Trinajstić information content (AvgIpc) is 3.35. The van der Waals surface area contributed by atoms with Crippen LogP contribution in [-0.2, 0) is 16.4 Å². The van der Waals surface area contributed by atoms with Crippen molar-refractivity contribution in [1.29, 1.82) is 5.26 Å². The minimum absolute atomic E-state index is 0.288. The first-order valence-electron chi connectivity index (χ1n) is 11.7. The minimum atomic E-state index is -3.24. The summed E-state index contributed by atoms with van der Waals surface area (Å²) in [5.74, 6) is 0. The van der Waals surface area contributed by atoms with Crippen LogP contribution in [0.4, 0.5) is 10.5 Å². The third kappa shape index (κ3) is 5.40. The molecule has 0 unspecified atom stereocenters. The summed E-state index contributed by atoms with van der Waals surface area (Å²) in [5, 5.41) is 14.4. The van der Waals surface area contributed by atoms with Crippen molar-refractivity contribution < 1.29 is 13.2 Å². The minimum Gasteiger partial charge on any atom is -0.334 e. The smallest absolute Gasteiger partial charge is 0.319 e. The zero-order chi connectivity index (χ0) is 26.7. The van der Waals surface area contributed by atoms with E-state index in [1.165, 1.54) is 6.26 Å². The SMILES string of the molecule is CS(=O)(=O)c1ccc(-c2ccn3c(-c4ccc(CNC(=O)Nc5ccc(C#N)cc5)cc4)cnc3c2)cc1. The molecule has 38 heavy (non-hydrogen) atoms. The van der Waals surface area contributed by atoms with E-state index in [1.807, 2.05) is 59.3 Å². The summed E-state index contributed by atoms with van der Waals surface area (Å²) in [4.78, 5) is 17.0. The molecule has 2 heterocycles. The van der Waals surface area contributed by atoms with Crippen LogP contribution in [0.5, 0.6) is 0 Å². The Hall–Kier alpha value is -4.94. The van der Waals surface area contributed by atoms with Crippen LogP contribution in [0.1, 0.15) is 11.1 Å². The van der Waals surface area contributed by atoms with Gasteiger partial charge < -0.3 is 10.6 Å². The second-order valence-electron chi connectivity index (χ2n) is 8.78. The molecule has 0 radical (unpaired) electrons. The number of pyridine rings is 1. The molecule has 0 aliphatic rings. The molecule has 2 amide bonds. The average molecular weight is 522 g/mol. The van der Waals surface area contributed by atoms with Gasteiger partial charge in [0.2, 0.25) is 0 Å². The van der Waals surface area contributed by atoms with E-state index in [-0.39, 0.29) is 10.9 Å². The number of imidazole rings is 1. The number of urea groups is 1. The monoisotopic (exact) mass is 521 g/mol. The zero-order valence-electron chi connectivity index (χ0n) is 20.4. The number of nitriles is 1. The molecular formula is C29H23N5O3S. The van der Waals surface area contributed by atoms with Crippen molar-refractivity contribution in [1.82, 2.24) is 14.7 Å². The Labute approximate surface area is 220 Å². The topological polar surface area (TPSA) is 116 Å². The lowest BCUT2D eigenvalue weighted by Gasteiger charge is -2.09. The standard InChI is InChI=1S/C29H23N5O3S/c1-38(36,37)26-12-8-22(9-13-26)24-14-15-34-27(19-31-28(34)16-24)23-6-2-21(3-7-23)18-32-29(35)33-25-10-4-20(17-30)5-11-25/h2-16,19H,18H2,1H3,(H2,32,33,35). The van der Waals surface area contributed by atoms with Gasteiger partial charge in [-0.3, -0.25) is 4.40 Å². The summed E-state index contributed by atoms with van der Waals surface area (Å²) >= 11 is 0. The third-order valence-corrected chi connectivity index (χ3v) is 7.23. The molecule has 3 aromatic carbocycles. The van der Waals surface area contributed by atoms with Crippen LogP contribution >= 0.6 is 0 Å². The Bertz CT molecular complexity index is 1770. The highest BCUT2D eigenvalue weighted by atomic mass is 32.2. The van der Waals surface area contributed by atoms with Gasteiger partial charge in [-0.2, -0.15) is 5.26 Å². The van der Waals surface area contributed by atoms with Crippen LogP contribution in [0.25, 0.3) is 28.0 Å². The molecule has 2 N–H and O–H groups in total. The molecule has 2 aromatic heterocycles. The predicted molar refractivity (Wildman–Crippen MR) is 146 cm³/mol. The van der Waals surface area contributed by atoms with Gasteiger partial charge in [-0.25, -0.2) is 18.2 Å². The highest BCUT2D eigenvalue weighted by molar-refractivity contribution is 7.90. The normalized spacial score (nSPS) is 11.2. The number of amides is 2. The van der Waals surface area contributed by atoms with E-state index in [2.05, 4.69) is 15.6 Å². The first-order valence-corrected chi connectivity index (χ1v) is 13.6. The molecule has 0 spiro atoms. The van der Waals surface area contributed by atoms with Gasteiger partial charge >= 0.3 is 6.03 Å². The number of benzene rings is 3. The molecule has 0 aliphatic heterocycles. The fraction of sp³-hybridized carbons (Fsp3) is 0.0690. The van der Waals surface area contributed by atoms with Crippen molar-refractivity contribution in [3.63, 3.8) is 0 Å². The second kappa shape index (κ2) is 10.2. The van der Waals surface area contributed by atoms with Crippen LogP contribution in [-0.4, -0.2) is 30.1 Å². The number of nitrogens with one attached hydrogen (secondary N) is 2. The lowest BCUT2D eigenvalue weighted by molar-refractivity contribution is 0.251. The largest absolute Gasteiger partial charge is 0.334 e. The summed E-state index contributed by atoms with van der Waals surface area (Å²) in [5.41, 5.74) is 6.61. The van der Waals surface area contributed by atoms with E-state index in [1.54, 1.807) is 48.5 Å². The quantitative estimate of drug-likeness (QED) is 0.316. The number of sulfone groups is 1. The summed E-state index contributed by atoms with van der Waals surface area (Å²) in [6, 6.07) is 27.0. The van der Waals surface area contributed by atoms with Crippen molar-refractivity contribution in [2.24, 2.45) is 0 Å². The number of aromatic nitrogens is 2.